The molecule has 1 aromatic carbocycles. The normalized spacial score (nSPS) is 22.1. The van der Waals surface area contributed by atoms with Crippen molar-refractivity contribution in [3.8, 4) is 11.5 Å². The summed E-state index contributed by atoms with van der Waals surface area (Å²) in [6.07, 6.45) is 10.4. The molecule has 0 saturated heterocycles. The fourth-order valence-corrected chi connectivity index (χ4v) is 6.22. The maximum Gasteiger partial charge on any atom is 0.441 e. The van der Waals surface area contributed by atoms with Crippen molar-refractivity contribution in [3.63, 3.8) is 0 Å². The monoisotopic (exact) mass is 449 g/mol. The van der Waals surface area contributed by atoms with Gasteiger partial charge in [-0.2, -0.15) is 8.78 Å². The predicted molar refractivity (Wildman–Crippen MR) is 116 cm³/mol. The number of aromatic hydroxyl groups is 1. The van der Waals surface area contributed by atoms with Crippen LogP contribution in [0.3, 0.4) is 0 Å². The average Bonchev–Trinajstić information content (AvgIpc) is 2.81. The van der Waals surface area contributed by atoms with Crippen LogP contribution >= 0.6 is 0 Å². The minimum Gasteiger partial charge on any atom is -0.541 e. The fraction of sp³-hybridized carbons (Fsp3) is 0.731. The highest BCUT2D eigenvalue weighted by Crippen LogP contribution is 2.52. The number of rotatable bonds is 6. The molecule has 0 unspecified atom stereocenters. The Bertz CT molecular complexity index is 805. The minimum absolute atomic E-state index is 0.0431. The van der Waals surface area contributed by atoms with Crippen LogP contribution in [0.2, 0.25) is 0 Å². The van der Waals surface area contributed by atoms with Gasteiger partial charge in [-0.25, -0.2) is 0 Å². The topological polar surface area (TPSA) is 69.6 Å². The van der Waals surface area contributed by atoms with E-state index in [1.807, 2.05) is 6.07 Å². The maximum absolute atomic E-state index is 14.3. The number of hydrogen-bond acceptors (Lipinski definition) is 4. The second-order valence-corrected chi connectivity index (χ2v) is 10.1. The standard InChI is InChI=1S/C26H36F2O4/c27-26(28,25(30)31)32-24-21(18-12-6-2-7-13-18)16-20(17-10-4-1-5-11-17)23(29)22(24)19-14-8-3-9-15-19/h16-19,29H,1-15H2,(H,30,31)/p-1. The Balaban J connectivity index is 1.88. The van der Waals surface area contributed by atoms with Gasteiger partial charge in [0.25, 0.3) is 0 Å². The molecule has 0 aliphatic heterocycles. The first-order valence-corrected chi connectivity index (χ1v) is 12.6. The summed E-state index contributed by atoms with van der Waals surface area (Å²) in [5.41, 5.74) is 1.95. The van der Waals surface area contributed by atoms with Crippen LogP contribution in [-0.4, -0.2) is 17.2 Å². The van der Waals surface area contributed by atoms with Crippen molar-refractivity contribution in [3.05, 3.63) is 22.8 Å². The zero-order valence-electron chi connectivity index (χ0n) is 18.8. The molecule has 178 valence electrons. The van der Waals surface area contributed by atoms with Crippen LogP contribution in [0, 0.1) is 0 Å². The summed E-state index contributed by atoms with van der Waals surface area (Å²) in [5.74, 6) is -2.41. The summed E-state index contributed by atoms with van der Waals surface area (Å²) < 4.78 is 33.7. The number of aliphatic carboxylic acids is 1. The van der Waals surface area contributed by atoms with E-state index in [-0.39, 0.29) is 29.3 Å². The van der Waals surface area contributed by atoms with E-state index in [0.29, 0.717) is 11.1 Å². The number of carboxylic acid groups (broad SMARTS) is 1. The molecule has 1 aromatic rings. The van der Waals surface area contributed by atoms with Gasteiger partial charge in [0.2, 0.25) is 0 Å². The van der Waals surface area contributed by atoms with Crippen LogP contribution in [0.15, 0.2) is 6.07 Å². The van der Waals surface area contributed by atoms with E-state index in [1.54, 1.807) is 0 Å². The van der Waals surface area contributed by atoms with Crippen LogP contribution in [0.25, 0.3) is 0 Å². The van der Waals surface area contributed by atoms with Gasteiger partial charge in [0.15, 0.2) is 5.97 Å². The van der Waals surface area contributed by atoms with E-state index >= 15 is 0 Å². The Hall–Kier alpha value is -1.85. The van der Waals surface area contributed by atoms with Gasteiger partial charge in [-0.15, -0.1) is 0 Å². The molecular formula is C26H35F2O4-. The Kier molecular flexibility index (Phi) is 7.26. The number of carboxylic acids is 1. The fourth-order valence-electron chi connectivity index (χ4n) is 6.22. The molecule has 4 rings (SSSR count). The molecular weight excluding hydrogens is 414 g/mol. The number of hydrogen-bond donors (Lipinski definition) is 1. The first-order valence-electron chi connectivity index (χ1n) is 12.6. The molecule has 0 bridgehead atoms. The Morgan fingerprint density at radius 3 is 1.72 bits per heavy atom. The molecule has 0 atom stereocenters. The summed E-state index contributed by atoms with van der Waals surface area (Å²) in [5, 5.41) is 22.6. The van der Waals surface area contributed by atoms with Gasteiger partial charge in [-0.3, -0.25) is 0 Å². The van der Waals surface area contributed by atoms with E-state index in [2.05, 4.69) is 0 Å². The van der Waals surface area contributed by atoms with Crippen molar-refractivity contribution in [2.75, 3.05) is 0 Å². The number of alkyl halides is 2. The average molecular weight is 450 g/mol. The predicted octanol–water partition coefficient (Wildman–Crippen LogP) is 6.26. The smallest absolute Gasteiger partial charge is 0.441 e. The molecule has 0 heterocycles. The van der Waals surface area contributed by atoms with Crippen molar-refractivity contribution >= 4 is 5.97 Å². The molecule has 3 saturated carbocycles. The molecule has 0 radical (unpaired) electrons. The van der Waals surface area contributed by atoms with Crippen molar-refractivity contribution in [2.24, 2.45) is 0 Å². The first-order chi connectivity index (χ1) is 15.4. The lowest BCUT2D eigenvalue weighted by Gasteiger charge is -2.34. The molecule has 3 aliphatic rings. The second kappa shape index (κ2) is 9.96. The van der Waals surface area contributed by atoms with E-state index in [4.69, 9.17) is 4.74 Å². The highest BCUT2D eigenvalue weighted by Gasteiger charge is 2.39. The van der Waals surface area contributed by atoms with Gasteiger partial charge < -0.3 is 19.7 Å². The van der Waals surface area contributed by atoms with E-state index in [9.17, 15) is 23.8 Å². The quantitative estimate of drug-likeness (QED) is 0.557. The zero-order valence-corrected chi connectivity index (χ0v) is 18.8. The number of ether oxygens (including phenoxy) is 1. The van der Waals surface area contributed by atoms with Gasteiger partial charge in [0.05, 0.1) is 0 Å². The lowest BCUT2D eigenvalue weighted by molar-refractivity contribution is -0.350. The molecule has 32 heavy (non-hydrogen) atoms. The molecule has 0 aromatic heterocycles. The molecule has 0 amide bonds. The number of benzene rings is 1. The van der Waals surface area contributed by atoms with Crippen LogP contribution < -0.4 is 9.84 Å². The van der Waals surface area contributed by atoms with Crippen LogP contribution in [0.5, 0.6) is 11.5 Å². The highest BCUT2D eigenvalue weighted by molar-refractivity contribution is 5.72. The summed E-state index contributed by atoms with van der Waals surface area (Å²) in [6, 6.07) is 1.88. The highest BCUT2D eigenvalue weighted by atomic mass is 19.3. The zero-order chi connectivity index (χ0) is 22.7. The lowest BCUT2D eigenvalue weighted by Crippen LogP contribution is -2.46. The number of phenols is 1. The van der Waals surface area contributed by atoms with Crippen molar-refractivity contribution in [1.82, 2.24) is 0 Å². The van der Waals surface area contributed by atoms with Gasteiger partial charge >= 0.3 is 6.11 Å². The SMILES string of the molecule is O=C([O-])C(F)(F)Oc1c(C2CCCCC2)cc(C2CCCCC2)c(O)c1C1CCCCC1. The van der Waals surface area contributed by atoms with E-state index < -0.39 is 12.1 Å². The second-order valence-electron chi connectivity index (χ2n) is 10.1. The number of phenolic OH excluding ortho intramolecular Hbond substituents is 1. The molecule has 3 aliphatic carbocycles. The summed E-state index contributed by atoms with van der Waals surface area (Å²) in [6.45, 7) is 0. The number of halogens is 2. The summed E-state index contributed by atoms with van der Waals surface area (Å²) >= 11 is 0. The maximum atomic E-state index is 14.3. The third-order valence-electron chi connectivity index (χ3n) is 7.92. The van der Waals surface area contributed by atoms with Gasteiger partial charge in [0.1, 0.15) is 11.5 Å². The lowest BCUT2D eigenvalue weighted by atomic mass is 9.75. The van der Waals surface area contributed by atoms with E-state index in [1.165, 1.54) is 6.42 Å². The van der Waals surface area contributed by atoms with Gasteiger partial charge in [-0.05, 0) is 73.5 Å². The van der Waals surface area contributed by atoms with Gasteiger partial charge in [0, 0.05) is 5.56 Å². The van der Waals surface area contributed by atoms with Crippen LogP contribution in [-0.2, 0) is 4.79 Å². The number of carbonyl (C=O) groups excluding carboxylic acids is 1. The minimum atomic E-state index is -4.44. The van der Waals surface area contributed by atoms with Crippen LogP contribution in [0.4, 0.5) is 8.78 Å². The van der Waals surface area contributed by atoms with Crippen LogP contribution in [0.1, 0.15) is 131 Å². The first kappa shape index (κ1) is 23.3. The van der Waals surface area contributed by atoms with Crippen molar-refractivity contribution in [1.29, 1.82) is 0 Å². The molecule has 4 nitrogen and oxygen atoms in total. The molecule has 3 fully saturated rings. The molecule has 1 N–H and O–H groups in total. The summed E-state index contributed by atoms with van der Waals surface area (Å²) in [7, 11) is 0. The Morgan fingerprint density at radius 1 is 0.812 bits per heavy atom. The van der Waals surface area contributed by atoms with Crippen molar-refractivity contribution in [2.45, 2.75) is 120 Å². The Morgan fingerprint density at radius 2 is 1.25 bits per heavy atom. The van der Waals surface area contributed by atoms with Crippen molar-refractivity contribution < 1.29 is 28.5 Å². The third kappa shape index (κ3) is 4.89. The Labute approximate surface area is 189 Å². The van der Waals surface area contributed by atoms with Gasteiger partial charge in [-0.1, -0.05) is 57.8 Å². The largest absolute Gasteiger partial charge is 0.541 e. The summed E-state index contributed by atoms with van der Waals surface area (Å²) in [4.78, 5) is 11.2. The number of carbonyl (C=O) groups is 1. The molecule has 0 spiro atoms. The third-order valence-corrected chi connectivity index (χ3v) is 7.92. The molecule has 6 heteroatoms. The van der Waals surface area contributed by atoms with E-state index in [0.717, 1.165) is 95.5 Å².